The Morgan fingerprint density at radius 3 is 2.17 bits per heavy atom. The molecule has 0 atom stereocenters. The van der Waals surface area contributed by atoms with E-state index in [4.69, 9.17) is 11.7 Å². The number of rotatable bonds is 1. The topological polar surface area (TPSA) is 41.7 Å². The number of hydrogen-bond donors (Lipinski definition) is 1. The molecule has 0 amide bonds. The standard InChI is InChI=1S/C9H11NO2/c1-10-9-4-2-8(6-9,3-5-9)7(11)12/h2-6H2,(H,11,12). The Kier molecular flexibility index (Phi) is 1.27. The van der Waals surface area contributed by atoms with Gasteiger partial charge < -0.3 is 9.95 Å². The number of fused-ring (bicyclic) bond motifs is 2. The van der Waals surface area contributed by atoms with Crippen molar-refractivity contribution >= 4 is 5.97 Å². The van der Waals surface area contributed by atoms with E-state index in [1.165, 1.54) is 0 Å². The highest BCUT2D eigenvalue weighted by Crippen LogP contribution is 2.58. The van der Waals surface area contributed by atoms with Crippen molar-refractivity contribution in [3.63, 3.8) is 0 Å². The fraction of sp³-hybridized carbons (Fsp3) is 0.778. The zero-order chi connectivity index (χ0) is 8.82. The Hall–Kier alpha value is -1.04. The van der Waals surface area contributed by atoms with Gasteiger partial charge >= 0.3 is 5.97 Å². The largest absolute Gasteiger partial charge is 0.481 e. The van der Waals surface area contributed by atoms with Crippen molar-refractivity contribution in [3.05, 3.63) is 11.4 Å². The molecular weight excluding hydrogens is 154 g/mol. The lowest BCUT2D eigenvalue weighted by Gasteiger charge is -2.18. The highest BCUT2D eigenvalue weighted by Gasteiger charge is 2.62. The lowest BCUT2D eigenvalue weighted by atomic mass is 9.84. The molecule has 1 N–H and O–H groups in total. The normalized spacial score (nSPS) is 44.2. The number of carboxylic acids is 1. The van der Waals surface area contributed by atoms with Crippen molar-refractivity contribution < 1.29 is 9.90 Å². The van der Waals surface area contributed by atoms with Gasteiger partial charge in [-0.25, -0.2) is 6.57 Å². The molecule has 0 spiro atoms. The smallest absolute Gasteiger partial charge is 0.309 e. The second kappa shape index (κ2) is 2.01. The minimum atomic E-state index is -0.689. The van der Waals surface area contributed by atoms with Crippen molar-refractivity contribution in [2.45, 2.75) is 37.6 Å². The van der Waals surface area contributed by atoms with Gasteiger partial charge in [0.25, 0.3) is 0 Å². The lowest BCUT2D eigenvalue weighted by molar-refractivity contribution is -0.148. The van der Waals surface area contributed by atoms with Crippen LogP contribution < -0.4 is 0 Å². The maximum atomic E-state index is 10.9. The molecule has 2 fully saturated rings. The van der Waals surface area contributed by atoms with Crippen LogP contribution in [-0.2, 0) is 4.79 Å². The van der Waals surface area contributed by atoms with Crippen molar-refractivity contribution in [3.8, 4) is 0 Å². The first-order valence-corrected chi connectivity index (χ1v) is 4.25. The molecule has 3 nitrogen and oxygen atoms in total. The van der Waals surface area contributed by atoms with Crippen LogP contribution in [0.1, 0.15) is 32.1 Å². The van der Waals surface area contributed by atoms with E-state index in [1.807, 2.05) is 0 Å². The monoisotopic (exact) mass is 165 g/mol. The van der Waals surface area contributed by atoms with E-state index in [1.54, 1.807) is 0 Å². The van der Waals surface area contributed by atoms with Crippen LogP contribution in [0.15, 0.2) is 0 Å². The highest BCUT2D eigenvalue weighted by molar-refractivity contribution is 5.76. The lowest BCUT2D eigenvalue weighted by Crippen LogP contribution is -2.25. The average molecular weight is 165 g/mol. The van der Waals surface area contributed by atoms with Crippen LogP contribution in [0.3, 0.4) is 0 Å². The average Bonchev–Trinajstić information content (AvgIpc) is 2.61. The molecule has 2 bridgehead atoms. The number of hydrogen-bond acceptors (Lipinski definition) is 1. The summed E-state index contributed by atoms with van der Waals surface area (Å²) >= 11 is 0. The number of carbonyl (C=O) groups is 1. The van der Waals surface area contributed by atoms with E-state index in [2.05, 4.69) is 4.85 Å². The molecular formula is C9H11NO2. The molecule has 3 heteroatoms. The van der Waals surface area contributed by atoms with Gasteiger partial charge in [-0.05, 0) is 12.8 Å². The summed E-state index contributed by atoms with van der Waals surface area (Å²) in [4.78, 5) is 14.5. The van der Waals surface area contributed by atoms with Crippen LogP contribution in [0, 0.1) is 12.0 Å². The molecule has 2 aliphatic rings. The Balaban J connectivity index is 2.30. The summed E-state index contributed by atoms with van der Waals surface area (Å²) < 4.78 is 0. The van der Waals surface area contributed by atoms with Gasteiger partial charge in [-0.1, -0.05) is 0 Å². The SMILES string of the molecule is [C-]#[N+]C12CCC(C(=O)O)(CC1)C2. The van der Waals surface area contributed by atoms with Gasteiger partial charge in [-0.3, -0.25) is 4.79 Å². The summed E-state index contributed by atoms with van der Waals surface area (Å²) in [7, 11) is 0. The fourth-order valence-electron chi connectivity index (χ4n) is 2.62. The first kappa shape index (κ1) is 7.60. The molecule has 0 aromatic carbocycles. The molecule has 0 aromatic heterocycles. The molecule has 2 rings (SSSR count). The van der Waals surface area contributed by atoms with Gasteiger partial charge in [0, 0.05) is 19.3 Å². The van der Waals surface area contributed by atoms with Gasteiger partial charge in [-0.2, -0.15) is 0 Å². The molecule has 0 aliphatic heterocycles. The summed E-state index contributed by atoms with van der Waals surface area (Å²) in [5, 5.41) is 9.00. The molecule has 12 heavy (non-hydrogen) atoms. The van der Waals surface area contributed by atoms with Crippen LogP contribution in [-0.4, -0.2) is 16.6 Å². The van der Waals surface area contributed by atoms with Crippen molar-refractivity contribution in [2.24, 2.45) is 5.41 Å². The minimum absolute atomic E-state index is 0.293. The van der Waals surface area contributed by atoms with E-state index >= 15 is 0 Å². The van der Waals surface area contributed by atoms with Gasteiger partial charge in [0.2, 0.25) is 5.54 Å². The predicted molar refractivity (Wildman–Crippen MR) is 42.5 cm³/mol. The molecule has 0 unspecified atom stereocenters. The third-order valence-corrected chi connectivity index (χ3v) is 3.50. The van der Waals surface area contributed by atoms with Gasteiger partial charge in [0.15, 0.2) is 0 Å². The third kappa shape index (κ3) is 0.726. The predicted octanol–water partition coefficient (Wildman–Crippen LogP) is 1.69. The van der Waals surface area contributed by atoms with Crippen LogP contribution in [0.4, 0.5) is 0 Å². The molecule has 2 aliphatic carbocycles. The van der Waals surface area contributed by atoms with E-state index in [-0.39, 0.29) is 5.54 Å². The quantitative estimate of drug-likeness (QED) is 0.601. The first-order valence-electron chi connectivity index (χ1n) is 4.25. The molecule has 0 aromatic rings. The van der Waals surface area contributed by atoms with Crippen LogP contribution in [0.5, 0.6) is 0 Å². The molecule has 64 valence electrons. The van der Waals surface area contributed by atoms with E-state index in [9.17, 15) is 4.79 Å². The number of carboxylic acid groups (broad SMARTS) is 1. The Morgan fingerprint density at radius 2 is 1.92 bits per heavy atom. The molecule has 2 saturated carbocycles. The van der Waals surface area contributed by atoms with Gasteiger partial charge in [0.1, 0.15) is 0 Å². The first-order chi connectivity index (χ1) is 5.63. The number of nitrogens with zero attached hydrogens (tertiary/aromatic N) is 1. The summed E-state index contributed by atoms with van der Waals surface area (Å²) in [6, 6.07) is 0. The maximum absolute atomic E-state index is 10.9. The molecule has 0 heterocycles. The summed E-state index contributed by atoms with van der Waals surface area (Å²) in [5.74, 6) is -0.689. The zero-order valence-corrected chi connectivity index (χ0v) is 6.84. The van der Waals surface area contributed by atoms with Crippen LogP contribution >= 0.6 is 0 Å². The molecule has 0 saturated heterocycles. The minimum Gasteiger partial charge on any atom is -0.481 e. The summed E-state index contributed by atoms with van der Waals surface area (Å²) in [6.45, 7) is 7.03. The van der Waals surface area contributed by atoms with E-state index in [0.29, 0.717) is 19.3 Å². The van der Waals surface area contributed by atoms with Crippen LogP contribution in [0.2, 0.25) is 0 Å². The Bertz CT molecular complexity index is 269. The Morgan fingerprint density at radius 1 is 1.33 bits per heavy atom. The zero-order valence-electron chi connectivity index (χ0n) is 6.84. The van der Waals surface area contributed by atoms with Crippen molar-refractivity contribution in [2.75, 3.05) is 0 Å². The van der Waals surface area contributed by atoms with Crippen molar-refractivity contribution in [1.82, 2.24) is 0 Å². The summed E-state index contributed by atoms with van der Waals surface area (Å²) in [6.07, 6.45) is 3.61. The Labute approximate surface area is 71.2 Å². The highest BCUT2D eigenvalue weighted by atomic mass is 16.4. The van der Waals surface area contributed by atoms with Gasteiger partial charge in [-0.15, -0.1) is 0 Å². The molecule has 0 radical (unpaired) electrons. The van der Waals surface area contributed by atoms with Gasteiger partial charge in [0.05, 0.1) is 5.41 Å². The fourth-order valence-corrected chi connectivity index (χ4v) is 2.62. The number of aliphatic carboxylic acids is 1. The second-order valence-electron chi connectivity index (χ2n) is 4.10. The van der Waals surface area contributed by atoms with E-state index in [0.717, 1.165) is 12.8 Å². The summed E-state index contributed by atoms with van der Waals surface area (Å²) in [5.41, 5.74) is -0.817. The maximum Gasteiger partial charge on any atom is 0.309 e. The van der Waals surface area contributed by atoms with E-state index < -0.39 is 11.4 Å². The van der Waals surface area contributed by atoms with Crippen molar-refractivity contribution in [1.29, 1.82) is 0 Å². The third-order valence-electron chi connectivity index (χ3n) is 3.50. The van der Waals surface area contributed by atoms with Crippen LogP contribution in [0.25, 0.3) is 4.85 Å². The second-order valence-corrected chi connectivity index (χ2v) is 4.10.